The predicted molar refractivity (Wildman–Crippen MR) is 59.7 cm³/mol. The molecule has 2 rings (SSSR count). The Morgan fingerprint density at radius 3 is 2.86 bits per heavy atom. The van der Waals surface area contributed by atoms with Crippen LogP contribution in [0.3, 0.4) is 0 Å². The number of ether oxygens (including phenoxy) is 1. The summed E-state index contributed by atoms with van der Waals surface area (Å²) in [5, 5.41) is 5.65. The molecule has 78 valence electrons. The molecule has 1 aromatic heterocycles. The van der Waals surface area contributed by atoms with Crippen molar-refractivity contribution in [3.05, 3.63) is 21.9 Å². The molecular formula is C11H17NOS. The number of aryl methyl sites for hydroxylation is 1. The molecule has 1 N–H and O–H groups in total. The van der Waals surface area contributed by atoms with Gasteiger partial charge in [-0.15, -0.1) is 11.3 Å². The van der Waals surface area contributed by atoms with Crippen molar-refractivity contribution >= 4 is 11.3 Å². The Balaban J connectivity index is 1.75. The Bertz CT molecular complexity index is 304. The SMILES string of the molecule is Cc1ccsc1CNCC1(C)COC1. The first-order chi connectivity index (χ1) is 6.70. The van der Waals surface area contributed by atoms with Crippen LogP contribution in [0, 0.1) is 12.3 Å². The van der Waals surface area contributed by atoms with Crippen LogP contribution < -0.4 is 5.32 Å². The van der Waals surface area contributed by atoms with Crippen LogP contribution >= 0.6 is 11.3 Å². The maximum absolute atomic E-state index is 5.21. The summed E-state index contributed by atoms with van der Waals surface area (Å²) in [5.74, 6) is 0. The molecule has 0 amide bonds. The van der Waals surface area contributed by atoms with Crippen molar-refractivity contribution in [2.24, 2.45) is 5.41 Å². The largest absolute Gasteiger partial charge is 0.380 e. The van der Waals surface area contributed by atoms with E-state index in [1.165, 1.54) is 10.4 Å². The van der Waals surface area contributed by atoms with E-state index in [1.54, 1.807) is 0 Å². The Kier molecular flexibility index (Phi) is 2.91. The number of hydrogen-bond donors (Lipinski definition) is 1. The Hall–Kier alpha value is -0.380. The second kappa shape index (κ2) is 4.01. The Labute approximate surface area is 89.3 Å². The molecule has 0 saturated carbocycles. The van der Waals surface area contributed by atoms with Gasteiger partial charge in [-0.3, -0.25) is 0 Å². The third-order valence-electron chi connectivity index (χ3n) is 2.71. The molecule has 0 unspecified atom stereocenters. The van der Waals surface area contributed by atoms with Crippen LogP contribution in [0.25, 0.3) is 0 Å². The van der Waals surface area contributed by atoms with Gasteiger partial charge in [0, 0.05) is 23.4 Å². The molecule has 0 radical (unpaired) electrons. The molecule has 1 fully saturated rings. The number of hydrogen-bond acceptors (Lipinski definition) is 3. The summed E-state index contributed by atoms with van der Waals surface area (Å²) in [4.78, 5) is 1.45. The first-order valence-corrected chi connectivity index (χ1v) is 5.89. The van der Waals surface area contributed by atoms with Gasteiger partial charge in [0.05, 0.1) is 13.2 Å². The van der Waals surface area contributed by atoms with Crippen LogP contribution in [0.5, 0.6) is 0 Å². The molecule has 0 spiro atoms. The van der Waals surface area contributed by atoms with Crippen molar-refractivity contribution < 1.29 is 4.74 Å². The molecule has 2 nitrogen and oxygen atoms in total. The lowest BCUT2D eigenvalue weighted by atomic mass is 9.89. The first-order valence-electron chi connectivity index (χ1n) is 5.01. The van der Waals surface area contributed by atoms with Crippen LogP contribution in [0.1, 0.15) is 17.4 Å². The van der Waals surface area contributed by atoms with Crippen molar-refractivity contribution in [3.63, 3.8) is 0 Å². The Morgan fingerprint density at radius 1 is 1.57 bits per heavy atom. The molecule has 1 saturated heterocycles. The fourth-order valence-electron chi connectivity index (χ4n) is 1.62. The van der Waals surface area contributed by atoms with Crippen LogP contribution in [0.15, 0.2) is 11.4 Å². The zero-order chi connectivity index (χ0) is 10.0. The van der Waals surface area contributed by atoms with Crippen molar-refractivity contribution in [2.75, 3.05) is 19.8 Å². The zero-order valence-electron chi connectivity index (χ0n) is 8.80. The monoisotopic (exact) mass is 211 g/mol. The highest BCUT2D eigenvalue weighted by Gasteiger charge is 2.32. The maximum Gasteiger partial charge on any atom is 0.0554 e. The number of rotatable bonds is 4. The first kappa shape index (κ1) is 10.1. The normalized spacial score (nSPS) is 19.3. The lowest BCUT2D eigenvalue weighted by molar-refractivity contribution is -0.0991. The topological polar surface area (TPSA) is 21.3 Å². The molecule has 1 aliphatic rings. The van der Waals surface area contributed by atoms with E-state index in [-0.39, 0.29) is 0 Å². The van der Waals surface area contributed by atoms with E-state index < -0.39 is 0 Å². The molecule has 0 bridgehead atoms. The quantitative estimate of drug-likeness (QED) is 0.824. The van der Waals surface area contributed by atoms with Gasteiger partial charge < -0.3 is 10.1 Å². The van der Waals surface area contributed by atoms with E-state index in [0.29, 0.717) is 5.41 Å². The minimum atomic E-state index is 0.380. The van der Waals surface area contributed by atoms with Crippen molar-refractivity contribution in [2.45, 2.75) is 20.4 Å². The second-order valence-corrected chi connectivity index (χ2v) is 5.43. The van der Waals surface area contributed by atoms with Gasteiger partial charge in [0.1, 0.15) is 0 Å². The lowest BCUT2D eigenvalue weighted by Crippen LogP contribution is -2.47. The summed E-state index contributed by atoms with van der Waals surface area (Å²) >= 11 is 1.83. The molecule has 14 heavy (non-hydrogen) atoms. The van der Waals surface area contributed by atoms with Gasteiger partial charge in [0.2, 0.25) is 0 Å². The summed E-state index contributed by atoms with van der Waals surface area (Å²) in [6, 6.07) is 2.18. The van der Waals surface area contributed by atoms with Crippen molar-refractivity contribution in [1.82, 2.24) is 5.32 Å². The molecule has 1 aromatic rings. The van der Waals surface area contributed by atoms with Gasteiger partial charge in [-0.25, -0.2) is 0 Å². The summed E-state index contributed by atoms with van der Waals surface area (Å²) in [6.45, 7) is 8.31. The van der Waals surface area contributed by atoms with Crippen molar-refractivity contribution in [3.8, 4) is 0 Å². The summed E-state index contributed by atoms with van der Waals surface area (Å²) in [6.07, 6.45) is 0. The molecule has 0 aromatic carbocycles. The van der Waals surface area contributed by atoms with Gasteiger partial charge in [-0.05, 0) is 23.9 Å². The molecule has 2 heterocycles. The van der Waals surface area contributed by atoms with Gasteiger partial charge in [0.25, 0.3) is 0 Å². The van der Waals surface area contributed by atoms with E-state index in [0.717, 1.165) is 26.3 Å². The van der Waals surface area contributed by atoms with Crippen LogP contribution in [-0.2, 0) is 11.3 Å². The van der Waals surface area contributed by atoms with Crippen LogP contribution in [0.4, 0.5) is 0 Å². The van der Waals surface area contributed by atoms with Crippen LogP contribution in [-0.4, -0.2) is 19.8 Å². The predicted octanol–water partition coefficient (Wildman–Crippen LogP) is 2.18. The number of thiophene rings is 1. The minimum absolute atomic E-state index is 0.380. The van der Waals surface area contributed by atoms with Gasteiger partial charge in [0.15, 0.2) is 0 Å². The van der Waals surface area contributed by atoms with E-state index in [4.69, 9.17) is 4.74 Å². The molecular weight excluding hydrogens is 194 g/mol. The fourth-order valence-corrected chi connectivity index (χ4v) is 2.49. The van der Waals surface area contributed by atoms with E-state index in [9.17, 15) is 0 Å². The van der Waals surface area contributed by atoms with E-state index >= 15 is 0 Å². The highest BCUT2D eigenvalue weighted by atomic mass is 32.1. The summed E-state index contributed by atoms with van der Waals surface area (Å²) < 4.78 is 5.21. The van der Waals surface area contributed by atoms with Gasteiger partial charge >= 0.3 is 0 Å². The molecule has 0 atom stereocenters. The average Bonchev–Trinajstić information content (AvgIpc) is 2.49. The molecule has 3 heteroatoms. The highest BCUT2D eigenvalue weighted by Crippen LogP contribution is 2.25. The third-order valence-corrected chi connectivity index (χ3v) is 3.73. The second-order valence-electron chi connectivity index (χ2n) is 4.43. The summed E-state index contributed by atoms with van der Waals surface area (Å²) in [7, 11) is 0. The molecule has 1 aliphatic heterocycles. The van der Waals surface area contributed by atoms with Gasteiger partial charge in [-0.2, -0.15) is 0 Å². The van der Waals surface area contributed by atoms with Crippen LogP contribution in [0.2, 0.25) is 0 Å². The third kappa shape index (κ3) is 2.16. The average molecular weight is 211 g/mol. The van der Waals surface area contributed by atoms with Gasteiger partial charge in [-0.1, -0.05) is 6.92 Å². The van der Waals surface area contributed by atoms with Crippen molar-refractivity contribution in [1.29, 1.82) is 0 Å². The summed E-state index contributed by atoms with van der Waals surface area (Å²) in [5.41, 5.74) is 1.78. The van der Waals surface area contributed by atoms with E-state index in [1.807, 2.05) is 11.3 Å². The molecule has 0 aliphatic carbocycles. The fraction of sp³-hybridized carbons (Fsp3) is 0.636. The standard InChI is InChI=1S/C11H17NOS/c1-9-3-4-14-10(9)5-12-6-11(2)7-13-8-11/h3-4,12H,5-8H2,1-2H3. The van der Waals surface area contributed by atoms with E-state index in [2.05, 4.69) is 30.6 Å². The number of nitrogens with one attached hydrogen (secondary N) is 1. The maximum atomic E-state index is 5.21. The minimum Gasteiger partial charge on any atom is -0.380 e. The highest BCUT2D eigenvalue weighted by molar-refractivity contribution is 7.10. The Morgan fingerprint density at radius 2 is 2.36 bits per heavy atom. The zero-order valence-corrected chi connectivity index (χ0v) is 9.62. The smallest absolute Gasteiger partial charge is 0.0554 e. The lowest BCUT2D eigenvalue weighted by Gasteiger charge is -2.38.